The predicted octanol–water partition coefficient (Wildman–Crippen LogP) is 11.2. The normalized spacial score (nSPS) is 11.6. The molecule has 0 aliphatic carbocycles. The molecule has 0 bridgehead atoms. The quantitative estimate of drug-likeness (QED) is 0.203. The first-order valence-electron chi connectivity index (χ1n) is 15.1. The van der Waals surface area contributed by atoms with Crippen LogP contribution in [0, 0.1) is 0 Å². The van der Waals surface area contributed by atoms with Gasteiger partial charge in [-0.05, 0) is 64.7 Å². The lowest BCUT2D eigenvalue weighted by atomic mass is 9.99. The molecule has 0 N–H and O–H groups in total. The Kier molecular flexibility index (Phi) is 5.54. The van der Waals surface area contributed by atoms with Gasteiger partial charge in [0.05, 0.1) is 22.1 Å². The van der Waals surface area contributed by atoms with Crippen LogP contribution in [0.5, 0.6) is 0 Å². The Morgan fingerprint density at radius 3 is 1.70 bits per heavy atom. The Morgan fingerprint density at radius 1 is 0.318 bits per heavy atom. The summed E-state index contributed by atoms with van der Waals surface area (Å²) in [5.41, 5.74) is 12.1. The molecule has 0 radical (unpaired) electrons. The fourth-order valence-corrected chi connectivity index (χ4v) is 7.04. The van der Waals surface area contributed by atoms with E-state index in [4.69, 9.17) is 0 Å². The smallest absolute Gasteiger partial charge is 0.0641 e. The SMILES string of the molecule is c1ccc(-c2cccc(-n3c4ccccc4c4c3ccc3c5c(-c6ccccc6)cccc5n(-c5ccccc5)c34)c2)cc1. The molecule has 9 rings (SSSR count). The zero-order valence-electron chi connectivity index (χ0n) is 24.1. The molecule has 2 heterocycles. The Morgan fingerprint density at radius 2 is 0.909 bits per heavy atom. The highest BCUT2D eigenvalue weighted by atomic mass is 15.0. The third-order valence-electron chi connectivity index (χ3n) is 8.90. The van der Waals surface area contributed by atoms with E-state index in [9.17, 15) is 0 Å². The summed E-state index contributed by atoms with van der Waals surface area (Å²) in [5, 5.41) is 5.06. The molecule has 0 amide bonds. The number of hydrogen-bond acceptors (Lipinski definition) is 0. The van der Waals surface area contributed by atoms with Gasteiger partial charge in [-0.1, -0.05) is 127 Å². The number of rotatable bonds is 4. The third kappa shape index (κ3) is 3.68. The second-order valence-corrected chi connectivity index (χ2v) is 11.4. The van der Waals surface area contributed by atoms with Crippen LogP contribution in [0.15, 0.2) is 170 Å². The minimum Gasteiger partial charge on any atom is -0.309 e. The minimum absolute atomic E-state index is 1.16. The molecule has 0 saturated carbocycles. The van der Waals surface area contributed by atoms with E-state index < -0.39 is 0 Å². The van der Waals surface area contributed by atoms with Crippen LogP contribution in [0.4, 0.5) is 0 Å². The standard InChI is InChI=1S/C42H28N2/c1-4-14-29(15-5-1)31-18-12-21-33(28-31)43-37-24-11-10-22-35(37)41-39(43)27-26-36-40-34(30-16-6-2-7-17-30)23-13-25-38(40)44(42(36)41)32-19-8-3-9-20-32/h1-28H. The van der Waals surface area contributed by atoms with Crippen molar-refractivity contribution in [3.63, 3.8) is 0 Å². The van der Waals surface area contributed by atoms with Crippen molar-refractivity contribution in [1.29, 1.82) is 0 Å². The highest BCUT2D eigenvalue weighted by Gasteiger charge is 2.22. The van der Waals surface area contributed by atoms with Crippen molar-refractivity contribution in [3.8, 4) is 33.6 Å². The first kappa shape index (κ1) is 24.7. The first-order chi connectivity index (χ1) is 21.9. The van der Waals surface area contributed by atoms with E-state index >= 15 is 0 Å². The Balaban J connectivity index is 1.44. The monoisotopic (exact) mass is 560 g/mol. The first-order valence-corrected chi connectivity index (χ1v) is 15.1. The molecular formula is C42H28N2. The highest BCUT2D eigenvalue weighted by Crippen LogP contribution is 2.44. The molecule has 7 aromatic carbocycles. The van der Waals surface area contributed by atoms with Crippen molar-refractivity contribution < 1.29 is 0 Å². The van der Waals surface area contributed by atoms with E-state index in [1.807, 2.05) is 0 Å². The number of para-hydroxylation sites is 2. The van der Waals surface area contributed by atoms with Gasteiger partial charge >= 0.3 is 0 Å². The predicted molar refractivity (Wildman–Crippen MR) is 186 cm³/mol. The molecule has 0 spiro atoms. The summed E-state index contributed by atoms with van der Waals surface area (Å²) in [5.74, 6) is 0. The Bertz CT molecular complexity index is 2470. The zero-order chi connectivity index (χ0) is 29.0. The van der Waals surface area contributed by atoms with Crippen molar-refractivity contribution in [2.75, 3.05) is 0 Å². The summed E-state index contributed by atoms with van der Waals surface area (Å²) in [6.45, 7) is 0. The maximum absolute atomic E-state index is 2.47. The Labute approximate surface area is 255 Å². The molecule has 0 fully saturated rings. The van der Waals surface area contributed by atoms with Gasteiger partial charge < -0.3 is 9.13 Å². The van der Waals surface area contributed by atoms with E-state index in [1.165, 1.54) is 65.9 Å². The average Bonchev–Trinajstić information content (AvgIpc) is 3.62. The molecule has 2 aromatic heterocycles. The molecule has 2 heteroatoms. The summed E-state index contributed by atoms with van der Waals surface area (Å²) in [4.78, 5) is 0. The van der Waals surface area contributed by atoms with Crippen LogP contribution in [0.3, 0.4) is 0 Å². The van der Waals surface area contributed by atoms with Gasteiger partial charge in [-0.2, -0.15) is 0 Å². The minimum atomic E-state index is 1.16. The number of benzene rings is 7. The van der Waals surface area contributed by atoms with Gasteiger partial charge in [-0.25, -0.2) is 0 Å². The average molecular weight is 561 g/mol. The highest BCUT2D eigenvalue weighted by molar-refractivity contribution is 6.28. The summed E-state index contributed by atoms with van der Waals surface area (Å²) in [6.07, 6.45) is 0. The van der Waals surface area contributed by atoms with Crippen LogP contribution in [-0.2, 0) is 0 Å². The fraction of sp³-hybridized carbons (Fsp3) is 0. The van der Waals surface area contributed by atoms with Crippen LogP contribution in [0.25, 0.3) is 77.2 Å². The van der Waals surface area contributed by atoms with Gasteiger partial charge in [-0.3, -0.25) is 0 Å². The number of hydrogen-bond donors (Lipinski definition) is 0. The molecule has 0 aliphatic heterocycles. The van der Waals surface area contributed by atoms with E-state index in [-0.39, 0.29) is 0 Å². The van der Waals surface area contributed by atoms with Crippen molar-refractivity contribution in [3.05, 3.63) is 170 Å². The lowest BCUT2D eigenvalue weighted by Crippen LogP contribution is -1.95. The van der Waals surface area contributed by atoms with Crippen LogP contribution in [-0.4, -0.2) is 9.13 Å². The van der Waals surface area contributed by atoms with Gasteiger partial charge in [0.1, 0.15) is 0 Å². The van der Waals surface area contributed by atoms with Crippen molar-refractivity contribution in [2.45, 2.75) is 0 Å². The maximum Gasteiger partial charge on any atom is 0.0641 e. The van der Waals surface area contributed by atoms with Crippen LogP contribution >= 0.6 is 0 Å². The third-order valence-corrected chi connectivity index (χ3v) is 8.90. The van der Waals surface area contributed by atoms with Gasteiger partial charge in [-0.15, -0.1) is 0 Å². The molecule has 9 aromatic rings. The fourth-order valence-electron chi connectivity index (χ4n) is 7.04. The summed E-state index contributed by atoms with van der Waals surface area (Å²) in [6, 6.07) is 61.3. The molecule has 206 valence electrons. The summed E-state index contributed by atoms with van der Waals surface area (Å²) >= 11 is 0. The summed E-state index contributed by atoms with van der Waals surface area (Å²) < 4.78 is 4.90. The van der Waals surface area contributed by atoms with Gasteiger partial charge in [0.15, 0.2) is 0 Å². The maximum atomic E-state index is 2.47. The van der Waals surface area contributed by atoms with Crippen LogP contribution < -0.4 is 0 Å². The largest absolute Gasteiger partial charge is 0.309 e. The van der Waals surface area contributed by atoms with E-state index in [0.29, 0.717) is 0 Å². The lowest BCUT2D eigenvalue weighted by molar-refractivity contribution is 1.17. The van der Waals surface area contributed by atoms with E-state index in [2.05, 4.69) is 179 Å². The Hall–Kier alpha value is -5.86. The van der Waals surface area contributed by atoms with E-state index in [1.54, 1.807) is 0 Å². The van der Waals surface area contributed by atoms with Gasteiger partial charge in [0.2, 0.25) is 0 Å². The zero-order valence-corrected chi connectivity index (χ0v) is 24.1. The van der Waals surface area contributed by atoms with Crippen molar-refractivity contribution in [1.82, 2.24) is 9.13 Å². The topological polar surface area (TPSA) is 9.86 Å². The van der Waals surface area contributed by atoms with E-state index in [0.717, 1.165) is 11.4 Å². The molecule has 0 saturated heterocycles. The van der Waals surface area contributed by atoms with Crippen LogP contribution in [0.1, 0.15) is 0 Å². The molecule has 0 atom stereocenters. The van der Waals surface area contributed by atoms with Crippen LogP contribution in [0.2, 0.25) is 0 Å². The van der Waals surface area contributed by atoms with Gasteiger partial charge in [0, 0.05) is 32.9 Å². The molecule has 0 aliphatic rings. The molecular weight excluding hydrogens is 532 g/mol. The van der Waals surface area contributed by atoms with Gasteiger partial charge in [0.25, 0.3) is 0 Å². The summed E-state index contributed by atoms with van der Waals surface area (Å²) in [7, 11) is 0. The number of nitrogens with zero attached hydrogens (tertiary/aromatic N) is 2. The van der Waals surface area contributed by atoms with Crippen molar-refractivity contribution >= 4 is 43.6 Å². The molecule has 2 nitrogen and oxygen atoms in total. The molecule has 44 heavy (non-hydrogen) atoms. The second kappa shape index (κ2) is 9.86. The lowest BCUT2D eigenvalue weighted by Gasteiger charge is -2.11. The van der Waals surface area contributed by atoms with Crippen molar-refractivity contribution in [2.24, 2.45) is 0 Å². The second-order valence-electron chi connectivity index (χ2n) is 11.4. The molecule has 0 unspecified atom stereocenters. The number of fused-ring (bicyclic) bond motifs is 7. The number of aromatic nitrogens is 2.